The Labute approximate surface area is 110 Å². The SMILES string of the molecule is Fc1cc(F)c(F)c(-n2c(=S)[nH]c3cccnc32)c1. The van der Waals surface area contributed by atoms with Gasteiger partial charge in [0.2, 0.25) is 0 Å². The van der Waals surface area contributed by atoms with Gasteiger partial charge in [-0.25, -0.2) is 18.2 Å². The summed E-state index contributed by atoms with van der Waals surface area (Å²) in [6, 6.07) is 4.70. The first kappa shape index (κ1) is 11.9. The summed E-state index contributed by atoms with van der Waals surface area (Å²) >= 11 is 5.04. The van der Waals surface area contributed by atoms with Gasteiger partial charge in [-0.1, -0.05) is 0 Å². The summed E-state index contributed by atoms with van der Waals surface area (Å²) in [5, 5.41) is 0. The number of aromatic nitrogens is 3. The first-order valence-electron chi connectivity index (χ1n) is 5.28. The van der Waals surface area contributed by atoms with E-state index >= 15 is 0 Å². The molecule has 3 nitrogen and oxygen atoms in total. The summed E-state index contributed by atoms with van der Waals surface area (Å²) in [5.74, 6) is -3.34. The van der Waals surface area contributed by atoms with Gasteiger partial charge in [0.05, 0.1) is 11.2 Å². The molecule has 96 valence electrons. The Morgan fingerprint density at radius 2 is 2.00 bits per heavy atom. The lowest BCUT2D eigenvalue weighted by molar-refractivity contribution is 0.491. The molecule has 0 bridgehead atoms. The van der Waals surface area contributed by atoms with Gasteiger partial charge in [-0.05, 0) is 24.4 Å². The van der Waals surface area contributed by atoms with E-state index in [2.05, 4.69) is 9.97 Å². The minimum Gasteiger partial charge on any atom is -0.329 e. The molecule has 0 spiro atoms. The Morgan fingerprint density at radius 3 is 2.79 bits per heavy atom. The van der Waals surface area contributed by atoms with Crippen molar-refractivity contribution in [2.75, 3.05) is 0 Å². The molecule has 0 unspecified atom stereocenters. The predicted octanol–water partition coefficient (Wildman–Crippen LogP) is 3.50. The first-order valence-corrected chi connectivity index (χ1v) is 5.69. The quantitative estimate of drug-likeness (QED) is 0.547. The maximum atomic E-state index is 13.8. The number of fused-ring (bicyclic) bond motifs is 1. The highest BCUT2D eigenvalue weighted by atomic mass is 32.1. The lowest BCUT2D eigenvalue weighted by Gasteiger charge is -2.06. The first-order chi connectivity index (χ1) is 9.08. The molecule has 0 saturated heterocycles. The summed E-state index contributed by atoms with van der Waals surface area (Å²) in [6.07, 6.45) is 1.48. The molecule has 0 fully saturated rings. The van der Waals surface area contributed by atoms with E-state index in [0.717, 1.165) is 10.6 Å². The van der Waals surface area contributed by atoms with E-state index in [0.29, 0.717) is 17.2 Å². The maximum Gasteiger partial charge on any atom is 0.184 e. The fraction of sp³-hybridized carbons (Fsp3) is 0. The van der Waals surface area contributed by atoms with Crippen molar-refractivity contribution in [2.45, 2.75) is 0 Å². The van der Waals surface area contributed by atoms with Crippen LogP contribution in [0.5, 0.6) is 0 Å². The van der Waals surface area contributed by atoms with Crippen molar-refractivity contribution < 1.29 is 13.2 Å². The summed E-state index contributed by atoms with van der Waals surface area (Å²) < 4.78 is 41.6. The van der Waals surface area contributed by atoms with Gasteiger partial charge < -0.3 is 4.98 Å². The molecule has 0 aliphatic carbocycles. The van der Waals surface area contributed by atoms with E-state index in [1.807, 2.05) is 0 Å². The van der Waals surface area contributed by atoms with Crippen LogP contribution in [-0.4, -0.2) is 14.5 Å². The number of aromatic amines is 1. The maximum absolute atomic E-state index is 13.8. The van der Waals surface area contributed by atoms with Gasteiger partial charge in [0.1, 0.15) is 5.82 Å². The number of hydrogen-bond donors (Lipinski definition) is 1. The van der Waals surface area contributed by atoms with Crippen LogP contribution in [0, 0.1) is 22.2 Å². The third kappa shape index (κ3) is 1.82. The van der Waals surface area contributed by atoms with E-state index in [4.69, 9.17) is 12.2 Å². The second kappa shape index (κ2) is 4.20. The lowest BCUT2D eigenvalue weighted by Crippen LogP contribution is -2.02. The zero-order valence-electron chi connectivity index (χ0n) is 9.32. The Kier molecular flexibility index (Phi) is 2.63. The molecule has 1 N–H and O–H groups in total. The number of halogens is 3. The molecule has 1 aromatic carbocycles. The molecule has 0 saturated carbocycles. The molecule has 0 radical (unpaired) electrons. The monoisotopic (exact) mass is 281 g/mol. The predicted molar refractivity (Wildman–Crippen MR) is 66.1 cm³/mol. The molecule has 2 aromatic heterocycles. The summed E-state index contributed by atoms with van der Waals surface area (Å²) in [6.45, 7) is 0. The van der Waals surface area contributed by atoms with Crippen molar-refractivity contribution in [2.24, 2.45) is 0 Å². The molecule has 3 rings (SSSR count). The summed E-state index contributed by atoms with van der Waals surface area (Å²) in [5.41, 5.74) is 0.542. The molecular weight excluding hydrogens is 275 g/mol. The number of benzene rings is 1. The molecule has 0 aliphatic rings. The standard InChI is InChI=1S/C12H6F3N3S/c13-6-4-7(14)10(15)9(5-6)18-11-8(17-12(18)19)2-1-3-16-11/h1-5H,(H,17,19). The van der Waals surface area contributed by atoms with Crippen LogP contribution in [-0.2, 0) is 0 Å². The number of pyridine rings is 1. The van der Waals surface area contributed by atoms with Gasteiger partial charge in [-0.3, -0.25) is 4.57 Å². The number of nitrogens with one attached hydrogen (secondary N) is 1. The van der Waals surface area contributed by atoms with E-state index < -0.39 is 17.5 Å². The smallest absolute Gasteiger partial charge is 0.184 e. The minimum atomic E-state index is -1.28. The van der Waals surface area contributed by atoms with E-state index in [-0.39, 0.29) is 10.5 Å². The highest BCUT2D eigenvalue weighted by Gasteiger charge is 2.16. The van der Waals surface area contributed by atoms with Crippen LogP contribution >= 0.6 is 12.2 Å². The van der Waals surface area contributed by atoms with Gasteiger partial charge >= 0.3 is 0 Å². The molecular formula is C12H6F3N3S. The fourth-order valence-electron chi connectivity index (χ4n) is 1.87. The third-order valence-electron chi connectivity index (χ3n) is 2.66. The Balaban J connectivity index is 2.43. The summed E-state index contributed by atoms with van der Waals surface area (Å²) in [7, 11) is 0. The van der Waals surface area contributed by atoms with Crippen LogP contribution in [0.15, 0.2) is 30.5 Å². The molecule has 2 heterocycles. The number of H-pyrrole nitrogens is 1. The topological polar surface area (TPSA) is 33.6 Å². The average molecular weight is 281 g/mol. The van der Waals surface area contributed by atoms with Gasteiger partial charge in [0, 0.05) is 18.3 Å². The van der Waals surface area contributed by atoms with Crippen molar-refractivity contribution in [1.82, 2.24) is 14.5 Å². The number of imidazole rings is 1. The zero-order valence-corrected chi connectivity index (χ0v) is 10.1. The van der Waals surface area contributed by atoms with Gasteiger partial charge in [-0.15, -0.1) is 0 Å². The Hall–Kier alpha value is -2.15. The minimum absolute atomic E-state index is 0.109. The lowest BCUT2D eigenvalue weighted by atomic mass is 10.2. The second-order valence-electron chi connectivity index (χ2n) is 3.86. The second-order valence-corrected chi connectivity index (χ2v) is 4.25. The van der Waals surface area contributed by atoms with Crippen molar-refractivity contribution in [3.63, 3.8) is 0 Å². The molecule has 3 aromatic rings. The van der Waals surface area contributed by atoms with Crippen molar-refractivity contribution in [3.8, 4) is 5.69 Å². The number of rotatable bonds is 1. The van der Waals surface area contributed by atoms with Crippen molar-refractivity contribution in [1.29, 1.82) is 0 Å². The highest BCUT2D eigenvalue weighted by Crippen LogP contribution is 2.22. The van der Waals surface area contributed by atoms with Crippen LogP contribution < -0.4 is 0 Å². The highest BCUT2D eigenvalue weighted by molar-refractivity contribution is 7.71. The fourth-order valence-corrected chi connectivity index (χ4v) is 2.16. The Morgan fingerprint density at radius 1 is 1.21 bits per heavy atom. The van der Waals surface area contributed by atoms with Crippen LogP contribution in [0.3, 0.4) is 0 Å². The molecule has 0 aliphatic heterocycles. The third-order valence-corrected chi connectivity index (χ3v) is 2.94. The van der Waals surface area contributed by atoms with E-state index in [9.17, 15) is 13.2 Å². The van der Waals surface area contributed by atoms with Crippen LogP contribution in [0.1, 0.15) is 0 Å². The van der Waals surface area contributed by atoms with E-state index in [1.54, 1.807) is 12.1 Å². The van der Waals surface area contributed by atoms with Gasteiger partial charge in [0.25, 0.3) is 0 Å². The molecule has 7 heteroatoms. The molecule has 0 amide bonds. The van der Waals surface area contributed by atoms with E-state index in [1.165, 1.54) is 6.20 Å². The Bertz CT molecular complexity index is 838. The zero-order chi connectivity index (χ0) is 13.6. The number of nitrogens with zero attached hydrogens (tertiary/aromatic N) is 2. The largest absolute Gasteiger partial charge is 0.329 e. The normalized spacial score (nSPS) is 11.1. The van der Waals surface area contributed by atoms with Crippen LogP contribution in [0.2, 0.25) is 0 Å². The number of hydrogen-bond acceptors (Lipinski definition) is 2. The van der Waals surface area contributed by atoms with Crippen molar-refractivity contribution in [3.05, 3.63) is 52.7 Å². The summed E-state index contributed by atoms with van der Waals surface area (Å²) in [4.78, 5) is 6.83. The van der Waals surface area contributed by atoms with Gasteiger partial charge in [-0.2, -0.15) is 0 Å². The van der Waals surface area contributed by atoms with Crippen LogP contribution in [0.4, 0.5) is 13.2 Å². The average Bonchev–Trinajstić information content (AvgIpc) is 2.70. The van der Waals surface area contributed by atoms with Crippen molar-refractivity contribution >= 4 is 23.4 Å². The molecule has 19 heavy (non-hydrogen) atoms. The van der Waals surface area contributed by atoms with Gasteiger partial charge in [0.15, 0.2) is 22.1 Å². The molecule has 0 atom stereocenters. The van der Waals surface area contributed by atoms with Crippen LogP contribution in [0.25, 0.3) is 16.9 Å².